The summed E-state index contributed by atoms with van der Waals surface area (Å²) >= 11 is 9.53. The zero-order valence-corrected chi connectivity index (χ0v) is 17.7. The molecule has 2 atom stereocenters. The average molecular weight is 463 g/mol. The highest BCUT2D eigenvalue weighted by atomic mass is 35.5. The Balaban J connectivity index is 1.69. The van der Waals surface area contributed by atoms with Crippen LogP contribution in [0, 0.1) is 6.92 Å². The SMILES string of the molecule is Cc1nnc(SCC2=C(C(=O)O)N3C(=O)C(NC(=O)CC(=O)CCl)[C@@H]3SC2)s1. The molecule has 9 nitrogen and oxygen atoms in total. The number of fused-ring (bicyclic) bond motifs is 1. The molecule has 150 valence electrons. The van der Waals surface area contributed by atoms with Crippen LogP contribution in [0.3, 0.4) is 0 Å². The second-order valence-corrected chi connectivity index (χ2v) is 9.71. The number of ketones is 1. The van der Waals surface area contributed by atoms with Crippen LogP contribution in [-0.2, 0) is 19.2 Å². The molecule has 2 amide bonds. The van der Waals surface area contributed by atoms with Gasteiger partial charge in [-0.3, -0.25) is 19.3 Å². The van der Waals surface area contributed by atoms with Crippen molar-refractivity contribution in [3.63, 3.8) is 0 Å². The highest BCUT2D eigenvalue weighted by molar-refractivity contribution is 8.01. The molecule has 0 aliphatic carbocycles. The van der Waals surface area contributed by atoms with Crippen LogP contribution in [-0.4, -0.2) is 72.6 Å². The number of β-lactam (4-membered cyclic amide) rings is 1. The van der Waals surface area contributed by atoms with Crippen LogP contribution in [0.5, 0.6) is 0 Å². The number of Topliss-reactive ketones (excluding diaryl/α,β-unsaturated/α-hetero) is 1. The molecule has 3 heterocycles. The van der Waals surface area contributed by atoms with Gasteiger partial charge < -0.3 is 10.4 Å². The molecule has 0 aromatic carbocycles. The highest BCUT2D eigenvalue weighted by Crippen LogP contribution is 2.41. The molecule has 1 aromatic rings. The number of carboxylic acids is 1. The van der Waals surface area contributed by atoms with Crippen LogP contribution in [0.2, 0.25) is 0 Å². The van der Waals surface area contributed by atoms with E-state index in [-0.39, 0.29) is 11.6 Å². The maximum absolute atomic E-state index is 12.5. The normalized spacial score (nSPS) is 21.2. The third-order valence-electron chi connectivity index (χ3n) is 3.95. The zero-order chi connectivity index (χ0) is 20.4. The van der Waals surface area contributed by atoms with Gasteiger partial charge in [0.15, 0.2) is 10.1 Å². The molecular formula is C15H15ClN4O5S3. The van der Waals surface area contributed by atoms with Gasteiger partial charge >= 0.3 is 5.97 Å². The summed E-state index contributed by atoms with van der Waals surface area (Å²) in [5.41, 5.74) is 0.562. The van der Waals surface area contributed by atoms with Crippen molar-refractivity contribution in [3.05, 3.63) is 16.3 Å². The van der Waals surface area contributed by atoms with Gasteiger partial charge in [-0.2, -0.15) is 0 Å². The number of thioether (sulfide) groups is 2. The first-order chi connectivity index (χ1) is 13.3. The van der Waals surface area contributed by atoms with Gasteiger partial charge in [0.05, 0.1) is 12.3 Å². The maximum Gasteiger partial charge on any atom is 0.352 e. The summed E-state index contributed by atoms with van der Waals surface area (Å²) < 4.78 is 0.728. The number of carboxylic acid groups (broad SMARTS) is 1. The Kier molecular flexibility index (Phi) is 6.63. The monoisotopic (exact) mass is 462 g/mol. The van der Waals surface area contributed by atoms with Crippen LogP contribution in [0.25, 0.3) is 0 Å². The van der Waals surface area contributed by atoms with E-state index < -0.39 is 41.4 Å². The van der Waals surface area contributed by atoms with Crippen molar-refractivity contribution >= 4 is 70.0 Å². The fraction of sp³-hybridized carbons (Fsp3) is 0.467. The fourth-order valence-corrected chi connectivity index (χ4v) is 6.13. The van der Waals surface area contributed by atoms with E-state index in [0.717, 1.165) is 9.35 Å². The van der Waals surface area contributed by atoms with Crippen LogP contribution in [0.1, 0.15) is 11.4 Å². The number of carbonyl (C=O) groups excluding carboxylic acids is 3. The first-order valence-electron chi connectivity index (χ1n) is 8.01. The molecule has 0 bridgehead atoms. The Labute approximate surface area is 177 Å². The number of aliphatic carboxylic acids is 1. The number of hydrogen-bond donors (Lipinski definition) is 2. The lowest BCUT2D eigenvalue weighted by atomic mass is 10.0. The molecule has 2 aliphatic rings. The van der Waals surface area contributed by atoms with E-state index >= 15 is 0 Å². The zero-order valence-electron chi connectivity index (χ0n) is 14.5. The predicted molar refractivity (Wildman–Crippen MR) is 105 cm³/mol. The number of aromatic nitrogens is 2. The lowest BCUT2D eigenvalue weighted by Gasteiger charge is -2.49. The molecule has 1 unspecified atom stereocenters. The summed E-state index contributed by atoms with van der Waals surface area (Å²) in [6, 6.07) is -0.852. The van der Waals surface area contributed by atoms with Gasteiger partial charge in [-0.25, -0.2) is 4.79 Å². The first kappa shape index (κ1) is 21.1. The lowest BCUT2D eigenvalue weighted by Crippen LogP contribution is -2.70. The number of halogens is 1. The molecule has 2 aliphatic heterocycles. The minimum Gasteiger partial charge on any atom is -0.477 e. The van der Waals surface area contributed by atoms with Gasteiger partial charge in [-0.05, 0) is 12.5 Å². The number of alkyl halides is 1. The van der Waals surface area contributed by atoms with Crippen LogP contribution < -0.4 is 5.32 Å². The number of nitrogens with zero attached hydrogens (tertiary/aromatic N) is 3. The van der Waals surface area contributed by atoms with Crippen LogP contribution in [0.4, 0.5) is 0 Å². The van der Waals surface area contributed by atoms with E-state index in [4.69, 9.17) is 11.6 Å². The number of amides is 2. The first-order valence-corrected chi connectivity index (χ1v) is 11.4. The molecular weight excluding hydrogens is 448 g/mol. The third-order valence-corrected chi connectivity index (χ3v) is 7.65. The summed E-state index contributed by atoms with van der Waals surface area (Å²) in [5, 5.41) is 20.4. The Morgan fingerprint density at radius 1 is 1.39 bits per heavy atom. The largest absolute Gasteiger partial charge is 0.477 e. The number of nitrogens with one attached hydrogen (secondary N) is 1. The highest BCUT2D eigenvalue weighted by Gasteiger charge is 2.54. The van der Waals surface area contributed by atoms with Crippen molar-refractivity contribution in [3.8, 4) is 0 Å². The number of rotatable bonds is 8. The molecule has 13 heteroatoms. The molecule has 28 heavy (non-hydrogen) atoms. The summed E-state index contributed by atoms with van der Waals surface area (Å²) in [5.74, 6) is -2.23. The van der Waals surface area contributed by atoms with E-state index in [2.05, 4.69) is 15.5 Å². The van der Waals surface area contributed by atoms with Gasteiger partial charge in [0, 0.05) is 11.5 Å². The van der Waals surface area contributed by atoms with Gasteiger partial charge in [0.1, 0.15) is 22.1 Å². The Morgan fingerprint density at radius 3 is 2.75 bits per heavy atom. The summed E-state index contributed by atoms with van der Waals surface area (Å²) in [7, 11) is 0. The summed E-state index contributed by atoms with van der Waals surface area (Å²) in [6.45, 7) is 1.83. The number of hydrogen-bond acceptors (Lipinski definition) is 9. The molecule has 1 fully saturated rings. The number of carbonyl (C=O) groups is 4. The standard InChI is InChI=1S/C15H15ClN4O5S3/c1-6-18-19-15(28-6)27-5-7-4-26-13-10(17-9(22)2-8(21)3-16)12(23)20(13)11(7)14(24)25/h10,13H,2-5H2,1H3,(H,17,22)(H,24,25)/t10?,13-/m0/s1. The van der Waals surface area contributed by atoms with E-state index in [1.54, 1.807) is 0 Å². The van der Waals surface area contributed by atoms with Crippen molar-refractivity contribution in [2.75, 3.05) is 17.4 Å². The second kappa shape index (κ2) is 8.80. The summed E-state index contributed by atoms with van der Waals surface area (Å²) in [6.07, 6.45) is -0.407. The molecule has 0 radical (unpaired) electrons. The maximum atomic E-state index is 12.5. The Morgan fingerprint density at radius 2 is 2.14 bits per heavy atom. The van der Waals surface area contributed by atoms with Crippen molar-refractivity contribution in [2.45, 2.75) is 29.1 Å². The van der Waals surface area contributed by atoms with Crippen molar-refractivity contribution in [1.29, 1.82) is 0 Å². The van der Waals surface area contributed by atoms with Gasteiger partial charge in [-0.15, -0.1) is 33.6 Å². The molecule has 0 saturated carbocycles. The molecule has 3 rings (SSSR count). The van der Waals surface area contributed by atoms with E-state index in [9.17, 15) is 24.3 Å². The molecule has 1 aromatic heterocycles. The minimum atomic E-state index is -1.19. The number of aryl methyl sites for hydroxylation is 1. The van der Waals surface area contributed by atoms with Crippen molar-refractivity contribution in [1.82, 2.24) is 20.4 Å². The third kappa shape index (κ3) is 4.34. The van der Waals surface area contributed by atoms with Gasteiger partial charge in [-0.1, -0.05) is 23.1 Å². The van der Waals surface area contributed by atoms with E-state index in [1.165, 1.54) is 39.8 Å². The quantitative estimate of drug-likeness (QED) is 0.250. The van der Waals surface area contributed by atoms with Gasteiger partial charge in [0.25, 0.3) is 5.91 Å². The smallest absolute Gasteiger partial charge is 0.352 e. The van der Waals surface area contributed by atoms with Crippen LogP contribution >= 0.6 is 46.5 Å². The minimum absolute atomic E-state index is 0.0511. The average Bonchev–Trinajstić information content (AvgIpc) is 3.08. The fourth-order valence-electron chi connectivity index (χ4n) is 2.73. The van der Waals surface area contributed by atoms with Crippen molar-refractivity contribution in [2.24, 2.45) is 0 Å². The molecule has 0 spiro atoms. The Bertz CT molecular complexity index is 874. The lowest BCUT2D eigenvalue weighted by molar-refractivity contribution is -0.150. The molecule has 1 saturated heterocycles. The van der Waals surface area contributed by atoms with E-state index in [0.29, 0.717) is 17.1 Å². The van der Waals surface area contributed by atoms with Crippen molar-refractivity contribution < 1.29 is 24.3 Å². The topological polar surface area (TPSA) is 130 Å². The van der Waals surface area contributed by atoms with Gasteiger partial charge in [0.2, 0.25) is 5.91 Å². The molecule has 2 N–H and O–H groups in total. The van der Waals surface area contributed by atoms with Crippen LogP contribution in [0.15, 0.2) is 15.6 Å². The summed E-state index contributed by atoms with van der Waals surface area (Å²) in [4.78, 5) is 48.6. The van der Waals surface area contributed by atoms with E-state index in [1.807, 2.05) is 6.92 Å². The Hall–Kier alpha value is -1.63. The second-order valence-electron chi connectivity index (χ2n) is 5.94. The predicted octanol–water partition coefficient (Wildman–Crippen LogP) is 0.875.